The Morgan fingerprint density at radius 1 is 0.929 bits per heavy atom. The van der Waals surface area contributed by atoms with E-state index in [0.29, 0.717) is 16.5 Å². The molecule has 6 nitrogen and oxygen atoms in total. The maximum absolute atomic E-state index is 13.3. The molecule has 0 aliphatic carbocycles. The summed E-state index contributed by atoms with van der Waals surface area (Å²) in [5, 5.41) is 0.437. The van der Waals surface area contributed by atoms with Gasteiger partial charge in [0.1, 0.15) is 5.58 Å². The minimum atomic E-state index is -0.668. The van der Waals surface area contributed by atoms with Gasteiger partial charge in [-0.05, 0) is 35.9 Å². The van der Waals surface area contributed by atoms with E-state index in [1.807, 2.05) is 24.3 Å². The second-order valence-corrected chi connectivity index (χ2v) is 7.26. The summed E-state index contributed by atoms with van der Waals surface area (Å²) < 4.78 is 6.77. The summed E-state index contributed by atoms with van der Waals surface area (Å²) in [6.07, 6.45) is 3.12. The second-order valence-electron chi connectivity index (χ2n) is 6.35. The van der Waals surface area contributed by atoms with Crippen LogP contribution in [0.1, 0.15) is 27.7 Å². The van der Waals surface area contributed by atoms with Gasteiger partial charge in [-0.1, -0.05) is 40.2 Å². The Morgan fingerprint density at radius 3 is 2.39 bits per heavy atom. The number of amides is 1. The first-order valence-corrected chi connectivity index (χ1v) is 9.36. The summed E-state index contributed by atoms with van der Waals surface area (Å²) in [6.45, 7) is 0. The minimum absolute atomic E-state index is 0.0315. The molecular formula is C21H12BrN3O3. The first-order chi connectivity index (χ1) is 13.6. The van der Waals surface area contributed by atoms with Crippen LogP contribution in [0.4, 0.5) is 5.95 Å². The van der Waals surface area contributed by atoms with E-state index in [4.69, 9.17) is 4.42 Å². The van der Waals surface area contributed by atoms with Gasteiger partial charge < -0.3 is 4.42 Å². The van der Waals surface area contributed by atoms with Crippen molar-refractivity contribution < 1.29 is 9.21 Å². The van der Waals surface area contributed by atoms with Gasteiger partial charge in [0.05, 0.1) is 17.0 Å². The molecule has 1 atom stereocenters. The zero-order valence-electron chi connectivity index (χ0n) is 14.4. The number of fused-ring (bicyclic) bond motifs is 2. The van der Waals surface area contributed by atoms with Gasteiger partial charge in [0.25, 0.3) is 5.91 Å². The summed E-state index contributed by atoms with van der Waals surface area (Å²) in [5.41, 5.74) is 1.23. The van der Waals surface area contributed by atoms with Crippen LogP contribution in [-0.2, 0) is 0 Å². The molecule has 0 N–H and O–H groups in total. The zero-order chi connectivity index (χ0) is 19.3. The van der Waals surface area contributed by atoms with Crippen molar-refractivity contribution in [2.24, 2.45) is 0 Å². The number of benzene rings is 2. The SMILES string of the molecule is O=C1c2oc3ccccc3c(=O)c2C(c2ccc(Br)cc2)N1c1ncccn1. The second kappa shape index (κ2) is 6.38. The number of rotatable bonds is 2. The van der Waals surface area contributed by atoms with Gasteiger partial charge in [0, 0.05) is 16.9 Å². The number of anilines is 1. The van der Waals surface area contributed by atoms with E-state index >= 15 is 0 Å². The molecule has 136 valence electrons. The third kappa shape index (κ3) is 2.47. The molecule has 28 heavy (non-hydrogen) atoms. The van der Waals surface area contributed by atoms with Crippen molar-refractivity contribution in [2.45, 2.75) is 6.04 Å². The molecule has 0 fully saturated rings. The molecule has 0 spiro atoms. The summed E-state index contributed by atoms with van der Waals surface area (Å²) in [7, 11) is 0. The van der Waals surface area contributed by atoms with Gasteiger partial charge in [0.2, 0.25) is 11.7 Å². The Kier molecular flexibility index (Phi) is 3.84. The van der Waals surface area contributed by atoms with Gasteiger partial charge >= 0.3 is 0 Å². The lowest BCUT2D eigenvalue weighted by atomic mass is 9.99. The van der Waals surface area contributed by atoms with Crippen LogP contribution >= 0.6 is 15.9 Å². The normalized spacial score (nSPS) is 15.8. The molecule has 7 heteroatoms. The molecule has 0 saturated carbocycles. The van der Waals surface area contributed by atoms with Crippen molar-refractivity contribution in [1.82, 2.24) is 9.97 Å². The van der Waals surface area contributed by atoms with Crippen LogP contribution < -0.4 is 10.3 Å². The van der Waals surface area contributed by atoms with Crippen molar-refractivity contribution in [3.63, 3.8) is 0 Å². The van der Waals surface area contributed by atoms with Crippen molar-refractivity contribution in [2.75, 3.05) is 4.90 Å². The standard InChI is InChI=1S/C21H12BrN3O3/c22-13-8-6-12(7-9-13)17-16-18(26)14-4-1-2-5-15(14)28-19(16)20(27)25(17)21-23-10-3-11-24-21/h1-11,17H. The first kappa shape index (κ1) is 16.8. The van der Waals surface area contributed by atoms with Gasteiger partial charge in [-0.25, -0.2) is 9.97 Å². The number of hydrogen-bond acceptors (Lipinski definition) is 5. The average Bonchev–Trinajstić information content (AvgIpc) is 3.02. The molecule has 1 aliphatic rings. The molecule has 4 aromatic rings. The molecular weight excluding hydrogens is 422 g/mol. The molecule has 1 amide bonds. The van der Waals surface area contributed by atoms with E-state index in [2.05, 4.69) is 25.9 Å². The smallest absolute Gasteiger partial charge is 0.297 e. The maximum Gasteiger partial charge on any atom is 0.297 e. The number of halogens is 1. The fourth-order valence-corrected chi connectivity index (χ4v) is 3.77. The maximum atomic E-state index is 13.3. The van der Waals surface area contributed by atoms with Crippen LogP contribution in [0.5, 0.6) is 0 Å². The molecule has 0 bridgehead atoms. The molecule has 0 saturated heterocycles. The Balaban J connectivity index is 1.83. The largest absolute Gasteiger partial charge is 0.450 e. The van der Waals surface area contributed by atoms with Crippen LogP contribution in [-0.4, -0.2) is 15.9 Å². The van der Waals surface area contributed by atoms with Crippen LogP contribution in [0, 0.1) is 0 Å². The molecule has 2 aromatic carbocycles. The Hall–Kier alpha value is -3.32. The number of carbonyl (C=O) groups excluding carboxylic acids is 1. The number of para-hydroxylation sites is 1. The van der Waals surface area contributed by atoms with E-state index in [9.17, 15) is 9.59 Å². The summed E-state index contributed by atoms with van der Waals surface area (Å²) in [4.78, 5) is 36.4. The third-order valence-corrected chi connectivity index (χ3v) is 5.26. The highest BCUT2D eigenvalue weighted by Crippen LogP contribution is 2.40. The fourth-order valence-electron chi connectivity index (χ4n) is 3.50. The van der Waals surface area contributed by atoms with Gasteiger partial charge in [-0.2, -0.15) is 0 Å². The highest BCUT2D eigenvalue weighted by molar-refractivity contribution is 9.10. The van der Waals surface area contributed by atoms with Gasteiger partial charge in [-0.3, -0.25) is 14.5 Å². The van der Waals surface area contributed by atoms with E-state index < -0.39 is 11.9 Å². The van der Waals surface area contributed by atoms with E-state index in [1.54, 1.807) is 42.7 Å². The van der Waals surface area contributed by atoms with Crippen molar-refractivity contribution in [3.8, 4) is 0 Å². The Morgan fingerprint density at radius 2 is 1.64 bits per heavy atom. The molecule has 3 heterocycles. The van der Waals surface area contributed by atoms with Gasteiger partial charge in [-0.15, -0.1) is 0 Å². The fraction of sp³-hybridized carbons (Fsp3) is 0.0476. The number of aromatic nitrogens is 2. The summed E-state index contributed by atoms with van der Waals surface area (Å²) >= 11 is 3.42. The van der Waals surface area contributed by atoms with Crippen molar-refractivity contribution in [3.05, 3.63) is 98.6 Å². The Bertz CT molecular complexity index is 1270. The molecule has 1 aliphatic heterocycles. The van der Waals surface area contributed by atoms with Crippen molar-refractivity contribution in [1.29, 1.82) is 0 Å². The number of carbonyl (C=O) groups is 1. The van der Waals surface area contributed by atoms with E-state index in [1.165, 1.54) is 4.90 Å². The summed E-state index contributed by atoms with van der Waals surface area (Å²) in [6, 6.07) is 15.4. The lowest BCUT2D eigenvalue weighted by molar-refractivity contribution is 0.0969. The quantitative estimate of drug-likeness (QED) is 0.475. The van der Waals surface area contributed by atoms with Crippen LogP contribution in [0.15, 0.2) is 80.7 Å². The van der Waals surface area contributed by atoms with Gasteiger partial charge in [0.15, 0.2) is 5.43 Å². The monoisotopic (exact) mass is 433 g/mol. The van der Waals surface area contributed by atoms with Crippen LogP contribution in [0.3, 0.4) is 0 Å². The van der Waals surface area contributed by atoms with Crippen LogP contribution in [0.25, 0.3) is 11.0 Å². The van der Waals surface area contributed by atoms with E-state index in [0.717, 1.165) is 10.0 Å². The lowest BCUT2D eigenvalue weighted by Crippen LogP contribution is -2.31. The minimum Gasteiger partial charge on any atom is -0.450 e. The number of hydrogen-bond donors (Lipinski definition) is 0. The summed E-state index contributed by atoms with van der Waals surface area (Å²) in [5.74, 6) is -0.184. The van der Waals surface area contributed by atoms with Crippen molar-refractivity contribution >= 4 is 38.8 Å². The highest BCUT2D eigenvalue weighted by Gasteiger charge is 2.44. The van der Waals surface area contributed by atoms with E-state index in [-0.39, 0.29) is 17.1 Å². The molecule has 1 unspecified atom stereocenters. The molecule has 5 rings (SSSR count). The highest BCUT2D eigenvalue weighted by atomic mass is 79.9. The molecule has 0 radical (unpaired) electrons. The van der Waals surface area contributed by atoms with Crippen LogP contribution in [0.2, 0.25) is 0 Å². The predicted octanol–water partition coefficient (Wildman–Crippen LogP) is 4.10. The average molecular weight is 434 g/mol. The predicted molar refractivity (Wildman–Crippen MR) is 107 cm³/mol. The number of nitrogens with zero attached hydrogens (tertiary/aromatic N) is 3. The topological polar surface area (TPSA) is 76.3 Å². The first-order valence-electron chi connectivity index (χ1n) is 8.57. The zero-order valence-corrected chi connectivity index (χ0v) is 16.0. The lowest BCUT2D eigenvalue weighted by Gasteiger charge is -2.23. The third-order valence-electron chi connectivity index (χ3n) is 4.73. The molecule has 2 aromatic heterocycles. The Labute approximate surface area is 167 Å².